The van der Waals surface area contributed by atoms with Gasteiger partial charge in [0.05, 0.1) is 6.04 Å². The minimum Gasteiger partial charge on any atom is -0.373 e. The standard InChI is InChI=1S/C17H20N4O2/c1-18-16-9-12(6-7-19-16)14-3-2-8-21(14)17(22)13-10-15(23-20-13)11-4-5-11/h6-7,9-11,14H,2-5,8H2,1H3,(H,18,19)/t14-/m1/s1. The number of hydrogen-bond donors (Lipinski definition) is 1. The van der Waals surface area contributed by atoms with Crippen molar-refractivity contribution in [2.75, 3.05) is 18.9 Å². The van der Waals surface area contributed by atoms with Gasteiger partial charge in [0.25, 0.3) is 5.91 Å². The van der Waals surface area contributed by atoms with Gasteiger partial charge < -0.3 is 14.7 Å². The monoisotopic (exact) mass is 312 g/mol. The van der Waals surface area contributed by atoms with E-state index in [9.17, 15) is 4.79 Å². The fourth-order valence-corrected chi connectivity index (χ4v) is 3.24. The molecule has 1 aliphatic carbocycles. The van der Waals surface area contributed by atoms with E-state index in [2.05, 4.69) is 15.5 Å². The Morgan fingerprint density at radius 3 is 3.00 bits per heavy atom. The smallest absolute Gasteiger partial charge is 0.276 e. The first-order chi connectivity index (χ1) is 11.3. The van der Waals surface area contributed by atoms with Crippen LogP contribution in [-0.4, -0.2) is 34.5 Å². The molecule has 1 amide bonds. The van der Waals surface area contributed by atoms with Crippen molar-refractivity contribution in [1.29, 1.82) is 0 Å². The normalized spacial score (nSPS) is 20.7. The highest BCUT2D eigenvalue weighted by Gasteiger charge is 2.34. The molecule has 2 aliphatic rings. The van der Waals surface area contributed by atoms with Gasteiger partial charge in [-0.2, -0.15) is 0 Å². The summed E-state index contributed by atoms with van der Waals surface area (Å²) in [4.78, 5) is 19.0. The van der Waals surface area contributed by atoms with Gasteiger partial charge in [-0.1, -0.05) is 5.16 Å². The van der Waals surface area contributed by atoms with Crippen molar-refractivity contribution in [2.45, 2.75) is 37.6 Å². The van der Waals surface area contributed by atoms with E-state index < -0.39 is 0 Å². The Morgan fingerprint density at radius 1 is 1.35 bits per heavy atom. The molecular formula is C17H20N4O2. The molecule has 1 saturated carbocycles. The predicted molar refractivity (Wildman–Crippen MR) is 85.3 cm³/mol. The third-order valence-corrected chi connectivity index (χ3v) is 4.67. The third kappa shape index (κ3) is 2.69. The number of carbonyl (C=O) groups excluding carboxylic acids is 1. The first-order valence-electron chi connectivity index (χ1n) is 8.17. The average molecular weight is 312 g/mol. The van der Waals surface area contributed by atoms with Gasteiger partial charge in [0.15, 0.2) is 5.69 Å². The molecule has 4 rings (SSSR count). The molecule has 1 saturated heterocycles. The summed E-state index contributed by atoms with van der Waals surface area (Å²) < 4.78 is 5.33. The van der Waals surface area contributed by atoms with E-state index >= 15 is 0 Å². The summed E-state index contributed by atoms with van der Waals surface area (Å²) in [7, 11) is 1.85. The quantitative estimate of drug-likeness (QED) is 0.939. The predicted octanol–water partition coefficient (Wildman–Crippen LogP) is 2.97. The summed E-state index contributed by atoms with van der Waals surface area (Å²) in [5.41, 5.74) is 1.54. The van der Waals surface area contributed by atoms with Crippen LogP contribution in [0.15, 0.2) is 28.9 Å². The molecule has 6 nitrogen and oxygen atoms in total. The second-order valence-electron chi connectivity index (χ2n) is 6.27. The van der Waals surface area contributed by atoms with Gasteiger partial charge in [-0.25, -0.2) is 4.98 Å². The van der Waals surface area contributed by atoms with E-state index in [0.29, 0.717) is 11.6 Å². The number of hydrogen-bond acceptors (Lipinski definition) is 5. The molecule has 1 atom stereocenters. The SMILES string of the molecule is CNc1cc([C@H]2CCCN2C(=O)c2cc(C3CC3)on2)ccn1. The summed E-state index contributed by atoms with van der Waals surface area (Å²) in [6, 6.07) is 5.89. The highest BCUT2D eigenvalue weighted by atomic mass is 16.5. The van der Waals surface area contributed by atoms with Crippen molar-refractivity contribution in [3.63, 3.8) is 0 Å². The first-order valence-corrected chi connectivity index (χ1v) is 8.17. The Kier molecular flexibility index (Phi) is 3.52. The second-order valence-corrected chi connectivity index (χ2v) is 6.27. The summed E-state index contributed by atoms with van der Waals surface area (Å²) in [6.07, 6.45) is 6.02. The van der Waals surface area contributed by atoms with Crippen LogP contribution in [0, 0.1) is 0 Å². The van der Waals surface area contributed by atoms with E-state index in [1.807, 2.05) is 30.1 Å². The molecule has 120 valence electrons. The van der Waals surface area contributed by atoms with Crippen LogP contribution in [0.5, 0.6) is 0 Å². The maximum atomic E-state index is 12.8. The lowest BCUT2D eigenvalue weighted by Gasteiger charge is -2.24. The fourth-order valence-electron chi connectivity index (χ4n) is 3.24. The van der Waals surface area contributed by atoms with Crippen LogP contribution in [0.25, 0.3) is 0 Å². The summed E-state index contributed by atoms with van der Waals surface area (Å²) in [6.45, 7) is 0.756. The van der Waals surface area contributed by atoms with Crippen LogP contribution >= 0.6 is 0 Å². The number of anilines is 1. The number of pyridine rings is 1. The van der Waals surface area contributed by atoms with Crippen LogP contribution in [0.4, 0.5) is 5.82 Å². The van der Waals surface area contributed by atoms with Crippen LogP contribution in [0.1, 0.15) is 59.5 Å². The third-order valence-electron chi connectivity index (χ3n) is 4.67. The van der Waals surface area contributed by atoms with Gasteiger partial charge in [-0.05, 0) is 43.4 Å². The summed E-state index contributed by atoms with van der Waals surface area (Å²) in [5.74, 6) is 2.10. The van der Waals surface area contributed by atoms with Crippen molar-refractivity contribution in [2.24, 2.45) is 0 Å². The summed E-state index contributed by atoms with van der Waals surface area (Å²) >= 11 is 0. The molecular weight excluding hydrogens is 292 g/mol. The number of amides is 1. The molecule has 0 radical (unpaired) electrons. The van der Waals surface area contributed by atoms with Gasteiger partial charge in [0.1, 0.15) is 11.6 Å². The Morgan fingerprint density at radius 2 is 2.22 bits per heavy atom. The molecule has 6 heteroatoms. The van der Waals surface area contributed by atoms with Crippen molar-refractivity contribution in [1.82, 2.24) is 15.0 Å². The van der Waals surface area contributed by atoms with Crippen LogP contribution in [-0.2, 0) is 0 Å². The van der Waals surface area contributed by atoms with E-state index in [0.717, 1.165) is 49.4 Å². The van der Waals surface area contributed by atoms with Gasteiger partial charge in [-0.15, -0.1) is 0 Å². The highest BCUT2D eigenvalue weighted by molar-refractivity contribution is 5.92. The number of likely N-dealkylation sites (tertiary alicyclic amines) is 1. The zero-order valence-corrected chi connectivity index (χ0v) is 13.2. The average Bonchev–Trinajstić information content (AvgIpc) is 3.14. The van der Waals surface area contributed by atoms with Gasteiger partial charge in [0, 0.05) is 31.8 Å². The molecule has 0 unspecified atom stereocenters. The molecule has 2 fully saturated rings. The maximum Gasteiger partial charge on any atom is 0.276 e. The van der Waals surface area contributed by atoms with Crippen molar-refractivity contribution < 1.29 is 9.32 Å². The van der Waals surface area contributed by atoms with Crippen LogP contribution in [0.2, 0.25) is 0 Å². The van der Waals surface area contributed by atoms with Crippen LogP contribution < -0.4 is 5.32 Å². The summed E-state index contributed by atoms with van der Waals surface area (Å²) in [5, 5.41) is 7.04. The van der Waals surface area contributed by atoms with Crippen molar-refractivity contribution in [3.8, 4) is 0 Å². The second kappa shape index (κ2) is 5.68. The zero-order valence-electron chi connectivity index (χ0n) is 13.2. The van der Waals surface area contributed by atoms with Crippen LogP contribution in [0.3, 0.4) is 0 Å². The largest absolute Gasteiger partial charge is 0.373 e. The molecule has 0 spiro atoms. The lowest BCUT2D eigenvalue weighted by Crippen LogP contribution is -2.30. The molecule has 0 aromatic carbocycles. The van der Waals surface area contributed by atoms with Gasteiger partial charge in [0.2, 0.25) is 0 Å². The Balaban J connectivity index is 1.57. The first kappa shape index (κ1) is 14.2. The minimum atomic E-state index is -0.0361. The molecule has 3 heterocycles. The molecule has 0 bridgehead atoms. The van der Waals surface area contributed by atoms with E-state index in [1.165, 1.54) is 0 Å². The number of aromatic nitrogens is 2. The molecule has 2 aromatic rings. The topological polar surface area (TPSA) is 71.3 Å². The van der Waals surface area contributed by atoms with Crippen molar-refractivity contribution >= 4 is 11.7 Å². The molecule has 23 heavy (non-hydrogen) atoms. The number of nitrogens with zero attached hydrogens (tertiary/aromatic N) is 3. The Hall–Kier alpha value is -2.37. The lowest BCUT2D eigenvalue weighted by molar-refractivity contribution is 0.0725. The fraction of sp³-hybridized carbons (Fsp3) is 0.471. The number of rotatable bonds is 4. The Labute approximate surface area is 134 Å². The van der Waals surface area contributed by atoms with Crippen molar-refractivity contribution in [3.05, 3.63) is 41.4 Å². The minimum absolute atomic E-state index is 0.0361. The van der Waals surface area contributed by atoms with Gasteiger partial charge >= 0.3 is 0 Å². The molecule has 1 aliphatic heterocycles. The Bertz CT molecular complexity index is 723. The zero-order chi connectivity index (χ0) is 15.8. The number of carbonyl (C=O) groups is 1. The van der Waals surface area contributed by atoms with E-state index in [4.69, 9.17) is 4.52 Å². The maximum absolute atomic E-state index is 12.8. The van der Waals surface area contributed by atoms with E-state index in [-0.39, 0.29) is 11.9 Å². The molecule has 1 N–H and O–H groups in total. The van der Waals surface area contributed by atoms with Gasteiger partial charge in [-0.3, -0.25) is 4.79 Å². The van der Waals surface area contributed by atoms with E-state index in [1.54, 1.807) is 6.20 Å². The highest BCUT2D eigenvalue weighted by Crippen LogP contribution is 2.40. The number of nitrogens with one attached hydrogen (secondary N) is 1. The molecule has 2 aromatic heterocycles. The lowest BCUT2D eigenvalue weighted by atomic mass is 10.1.